The Hall–Kier alpha value is -3.87. The third-order valence-corrected chi connectivity index (χ3v) is 5.85. The summed E-state index contributed by atoms with van der Waals surface area (Å²) in [5.74, 6) is 0.482. The highest BCUT2D eigenvalue weighted by Gasteiger charge is 2.25. The summed E-state index contributed by atoms with van der Waals surface area (Å²) < 4.78 is 2.16. The summed E-state index contributed by atoms with van der Waals surface area (Å²) in [4.78, 5) is 21.1. The smallest absolute Gasteiger partial charge is 0.319 e. The summed E-state index contributed by atoms with van der Waals surface area (Å²) in [5.41, 5.74) is 13.3. The van der Waals surface area contributed by atoms with Crippen LogP contribution in [0.25, 0.3) is 16.7 Å². The average Bonchev–Trinajstić information content (AvgIpc) is 3.37. The molecule has 0 saturated heterocycles. The topological polar surface area (TPSA) is 97.9 Å². The van der Waals surface area contributed by atoms with Crippen molar-refractivity contribution in [2.24, 2.45) is 0 Å². The fourth-order valence-corrected chi connectivity index (χ4v) is 4.37. The summed E-state index contributed by atoms with van der Waals surface area (Å²) in [6.07, 6.45) is 4.65. The van der Waals surface area contributed by atoms with Crippen molar-refractivity contribution >= 4 is 28.6 Å². The second kappa shape index (κ2) is 7.75. The van der Waals surface area contributed by atoms with Gasteiger partial charge in [-0.25, -0.2) is 14.8 Å². The number of carbonyl (C=O) groups excluding carboxylic acids is 1. The summed E-state index contributed by atoms with van der Waals surface area (Å²) in [7, 11) is 0. The molecule has 31 heavy (non-hydrogen) atoms. The van der Waals surface area contributed by atoms with Gasteiger partial charge in [0.15, 0.2) is 5.82 Å². The van der Waals surface area contributed by atoms with Gasteiger partial charge in [-0.1, -0.05) is 30.3 Å². The van der Waals surface area contributed by atoms with Gasteiger partial charge in [0.2, 0.25) is 0 Å². The number of aryl methyl sites for hydroxylation is 1. The lowest BCUT2D eigenvalue weighted by atomic mass is 10.1. The van der Waals surface area contributed by atoms with E-state index in [1.54, 1.807) is 0 Å². The molecule has 1 atom stereocenters. The molecular formula is C24H24N6O. The summed E-state index contributed by atoms with van der Waals surface area (Å²) in [5, 5.41) is 5.87. The zero-order valence-corrected chi connectivity index (χ0v) is 17.3. The van der Waals surface area contributed by atoms with Gasteiger partial charge in [0.25, 0.3) is 0 Å². The van der Waals surface area contributed by atoms with Crippen molar-refractivity contribution < 1.29 is 4.79 Å². The van der Waals surface area contributed by atoms with Crippen molar-refractivity contribution in [2.45, 2.75) is 32.2 Å². The number of amides is 2. The minimum Gasteiger partial charge on any atom is -0.382 e. The molecular weight excluding hydrogens is 388 g/mol. The normalized spacial score (nSPS) is 13.7. The highest BCUT2D eigenvalue weighted by Crippen LogP contribution is 2.36. The average molecular weight is 412 g/mol. The Kier molecular flexibility index (Phi) is 4.78. The zero-order valence-electron chi connectivity index (χ0n) is 17.3. The molecule has 5 rings (SSSR count). The Balaban J connectivity index is 1.37. The first-order valence-electron chi connectivity index (χ1n) is 10.5. The first kappa shape index (κ1) is 19.1. The van der Waals surface area contributed by atoms with Crippen LogP contribution >= 0.6 is 0 Å². The number of anilines is 2. The standard InChI is InChI=1S/C24H24N6O/c1-15(16-6-3-2-4-7-16)28-24(31)29-17-10-12-18(13-11-17)30-20-9-5-8-19(20)21-22(30)23(25)27-14-26-21/h2-4,6-7,10-15H,5,8-9H2,1H3,(H2,25,26,27)(H2,28,29,31)/t15-/m0/s1. The second-order valence-corrected chi connectivity index (χ2v) is 7.85. The van der Waals surface area contributed by atoms with Gasteiger partial charge in [-0.2, -0.15) is 0 Å². The van der Waals surface area contributed by atoms with Gasteiger partial charge in [-0.3, -0.25) is 0 Å². The van der Waals surface area contributed by atoms with Crippen LogP contribution in [-0.4, -0.2) is 20.6 Å². The molecule has 1 aliphatic rings. The number of nitrogen functional groups attached to an aromatic ring is 1. The first-order chi connectivity index (χ1) is 15.1. The van der Waals surface area contributed by atoms with Crippen LogP contribution < -0.4 is 16.4 Å². The zero-order chi connectivity index (χ0) is 21.4. The predicted octanol–water partition coefficient (Wildman–Crippen LogP) is 4.37. The van der Waals surface area contributed by atoms with Crippen molar-refractivity contribution in [3.63, 3.8) is 0 Å². The van der Waals surface area contributed by atoms with Crippen LogP contribution in [0.3, 0.4) is 0 Å². The monoisotopic (exact) mass is 412 g/mol. The molecule has 0 radical (unpaired) electrons. The number of hydrogen-bond donors (Lipinski definition) is 3. The van der Waals surface area contributed by atoms with E-state index in [0.29, 0.717) is 5.82 Å². The molecule has 1 aliphatic carbocycles. The van der Waals surface area contributed by atoms with Crippen molar-refractivity contribution in [3.05, 3.63) is 77.7 Å². The number of nitrogens with two attached hydrogens (primary N) is 1. The van der Waals surface area contributed by atoms with Gasteiger partial charge in [0, 0.05) is 17.1 Å². The van der Waals surface area contributed by atoms with Crippen LogP contribution in [-0.2, 0) is 12.8 Å². The molecule has 7 nitrogen and oxygen atoms in total. The fourth-order valence-electron chi connectivity index (χ4n) is 4.37. The molecule has 2 aromatic heterocycles. The number of hydrogen-bond acceptors (Lipinski definition) is 4. The van der Waals surface area contributed by atoms with E-state index >= 15 is 0 Å². The molecule has 4 N–H and O–H groups in total. The number of urea groups is 1. The molecule has 0 bridgehead atoms. The SMILES string of the molecule is C[C@H](NC(=O)Nc1ccc(-n2c3c(c4ncnc(N)c42)CCC3)cc1)c1ccccc1. The maximum absolute atomic E-state index is 12.4. The first-order valence-corrected chi connectivity index (χ1v) is 10.5. The Morgan fingerprint density at radius 3 is 2.61 bits per heavy atom. The number of nitrogens with one attached hydrogen (secondary N) is 2. The van der Waals surface area contributed by atoms with E-state index in [-0.39, 0.29) is 12.1 Å². The maximum Gasteiger partial charge on any atom is 0.319 e. The number of rotatable bonds is 4. The Labute approximate surface area is 180 Å². The summed E-state index contributed by atoms with van der Waals surface area (Å²) >= 11 is 0. The van der Waals surface area contributed by atoms with Gasteiger partial charge in [0.1, 0.15) is 11.8 Å². The number of fused-ring (bicyclic) bond motifs is 3. The highest BCUT2D eigenvalue weighted by molar-refractivity contribution is 5.92. The highest BCUT2D eigenvalue weighted by atomic mass is 16.2. The largest absolute Gasteiger partial charge is 0.382 e. The van der Waals surface area contributed by atoms with Crippen molar-refractivity contribution in [3.8, 4) is 5.69 Å². The van der Waals surface area contributed by atoms with Crippen molar-refractivity contribution in [2.75, 3.05) is 11.1 Å². The molecule has 2 amide bonds. The lowest BCUT2D eigenvalue weighted by molar-refractivity contribution is 0.249. The number of benzene rings is 2. The third-order valence-electron chi connectivity index (χ3n) is 5.85. The van der Waals surface area contributed by atoms with E-state index in [1.807, 2.05) is 61.5 Å². The molecule has 0 fully saturated rings. The molecule has 0 spiro atoms. The van der Waals surface area contributed by atoms with Gasteiger partial charge in [-0.05, 0) is 61.6 Å². The van der Waals surface area contributed by atoms with Gasteiger partial charge < -0.3 is 20.9 Å². The van der Waals surface area contributed by atoms with E-state index in [4.69, 9.17) is 5.73 Å². The molecule has 156 valence electrons. The Bertz CT molecular complexity index is 1250. The van der Waals surface area contributed by atoms with Crippen molar-refractivity contribution in [1.82, 2.24) is 19.9 Å². The third kappa shape index (κ3) is 3.48. The molecule has 0 saturated carbocycles. The maximum atomic E-state index is 12.4. The van der Waals surface area contributed by atoms with E-state index in [2.05, 4.69) is 25.2 Å². The van der Waals surface area contributed by atoms with Gasteiger partial charge in [-0.15, -0.1) is 0 Å². The predicted molar refractivity (Wildman–Crippen MR) is 122 cm³/mol. The molecule has 4 aromatic rings. The Morgan fingerprint density at radius 1 is 1.06 bits per heavy atom. The minimum absolute atomic E-state index is 0.0859. The van der Waals surface area contributed by atoms with Crippen LogP contribution in [0.5, 0.6) is 0 Å². The Morgan fingerprint density at radius 2 is 1.84 bits per heavy atom. The van der Waals surface area contributed by atoms with Gasteiger partial charge in [0.05, 0.1) is 11.6 Å². The fraction of sp³-hybridized carbons (Fsp3) is 0.208. The summed E-state index contributed by atoms with van der Waals surface area (Å²) in [6, 6.07) is 17.3. The van der Waals surface area contributed by atoms with E-state index in [1.165, 1.54) is 17.6 Å². The quantitative estimate of drug-likeness (QED) is 0.463. The van der Waals surface area contributed by atoms with Gasteiger partial charge >= 0.3 is 6.03 Å². The van der Waals surface area contributed by atoms with Crippen LogP contribution in [0.1, 0.15) is 36.2 Å². The summed E-state index contributed by atoms with van der Waals surface area (Å²) in [6.45, 7) is 1.96. The van der Waals surface area contributed by atoms with Crippen molar-refractivity contribution in [1.29, 1.82) is 0 Å². The molecule has 2 aromatic carbocycles. The van der Waals surface area contributed by atoms with E-state index < -0.39 is 0 Å². The van der Waals surface area contributed by atoms with E-state index in [9.17, 15) is 4.79 Å². The number of aromatic nitrogens is 3. The van der Waals surface area contributed by atoms with Crippen LogP contribution in [0.4, 0.5) is 16.3 Å². The molecule has 2 heterocycles. The van der Waals surface area contributed by atoms with Crippen LogP contribution in [0.15, 0.2) is 60.9 Å². The number of carbonyl (C=O) groups is 1. The van der Waals surface area contributed by atoms with Crippen LogP contribution in [0.2, 0.25) is 0 Å². The number of nitrogens with zero attached hydrogens (tertiary/aromatic N) is 3. The van der Waals surface area contributed by atoms with E-state index in [0.717, 1.165) is 47.2 Å². The lowest BCUT2D eigenvalue weighted by Gasteiger charge is -2.15. The molecule has 7 heteroatoms. The van der Waals surface area contributed by atoms with Crippen LogP contribution in [0, 0.1) is 0 Å². The minimum atomic E-state index is -0.242. The second-order valence-electron chi connectivity index (χ2n) is 7.85. The molecule has 0 unspecified atom stereocenters. The lowest BCUT2D eigenvalue weighted by Crippen LogP contribution is -2.31. The molecule has 0 aliphatic heterocycles.